The summed E-state index contributed by atoms with van der Waals surface area (Å²) in [4.78, 5) is 11.0. The van der Waals surface area contributed by atoms with Crippen LogP contribution in [0.15, 0.2) is 12.1 Å². The van der Waals surface area contributed by atoms with Crippen molar-refractivity contribution in [2.75, 3.05) is 13.6 Å². The summed E-state index contributed by atoms with van der Waals surface area (Å²) in [6.45, 7) is 3.67. The molecule has 1 aromatic rings. The first-order valence-electron chi connectivity index (χ1n) is 5.85. The Labute approximate surface area is 106 Å². The van der Waals surface area contributed by atoms with Crippen LogP contribution in [-0.4, -0.2) is 19.5 Å². The molecule has 0 spiro atoms. The Morgan fingerprint density at radius 3 is 2.61 bits per heavy atom. The van der Waals surface area contributed by atoms with Crippen LogP contribution in [0.4, 0.5) is 8.78 Å². The fourth-order valence-electron chi connectivity index (χ4n) is 1.63. The number of rotatable bonds is 5. The minimum Gasteiger partial charge on any atom is -0.359 e. The maximum atomic E-state index is 13.6. The van der Waals surface area contributed by atoms with E-state index in [1.165, 1.54) is 19.1 Å². The molecule has 0 aliphatic carbocycles. The average molecular weight is 256 g/mol. The third-order valence-corrected chi connectivity index (χ3v) is 2.83. The van der Waals surface area contributed by atoms with E-state index >= 15 is 0 Å². The molecule has 0 heterocycles. The molecule has 0 aromatic heterocycles. The van der Waals surface area contributed by atoms with Gasteiger partial charge in [0.15, 0.2) is 0 Å². The first-order chi connectivity index (χ1) is 8.45. The molecule has 3 nitrogen and oxygen atoms in total. The molecule has 0 fully saturated rings. The van der Waals surface area contributed by atoms with Gasteiger partial charge in [-0.15, -0.1) is 0 Å². The summed E-state index contributed by atoms with van der Waals surface area (Å²) >= 11 is 0. The van der Waals surface area contributed by atoms with Gasteiger partial charge in [-0.05, 0) is 31.5 Å². The molecule has 1 aromatic carbocycles. The van der Waals surface area contributed by atoms with Crippen LogP contribution in [0.5, 0.6) is 0 Å². The maximum Gasteiger partial charge on any atom is 0.221 e. The molecule has 18 heavy (non-hydrogen) atoms. The van der Waals surface area contributed by atoms with Crippen LogP contribution in [0.3, 0.4) is 0 Å². The first-order valence-corrected chi connectivity index (χ1v) is 5.85. The predicted molar refractivity (Wildman–Crippen MR) is 66.2 cm³/mol. The van der Waals surface area contributed by atoms with Crippen LogP contribution in [0, 0.1) is 18.6 Å². The molecule has 0 bridgehead atoms. The number of hydrogen-bond donors (Lipinski definition) is 2. The van der Waals surface area contributed by atoms with Crippen molar-refractivity contribution >= 4 is 5.91 Å². The molecular weight excluding hydrogens is 238 g/mol. The lowest BCUT2D eigenvalue weighted by atomic mass is 10.0. The SMILES string of the molecule is CNC(=O)CCNC(C)c1cc(F)c(C)cc1F. The maximum absolute atomic E-state index is 13.6. The highest BCUT2D eigenvalue weighted by Gasteiger charge is 2.13. The van der Waals surface area contributed by atoms with Gasteiger partial charge < -0.3 is 10.6 Å². The third-order valence-electron chi connectivity index (χ3n) is 2.83. The molecule has 0 saturated carbocycles. The van der Waals surface area contributed by atoms with Gasteiger partial charge in [-0.1, -0.05) is 0 Å². The van der Waals surface area contributed by atoms with Crippen LogP contribution >= 0.6 is 0 Å². The molecule has 5 heteroatoms. The summed E-state index contributed by atoms with van der Waals surface area (Å²) in [6.07, 6.45) is 0.302. The lowest BCUT2D eigenvalue weighted by Crippen LogP contribution is -2.27. The number of hydrogen-bond acceptors (Lipinski definition) is 2. The van der Waals surface area contributed by atoms with Crippen molar-refractivity contribution in [3.05, 3.63) is 34.9 Å². The van der Waals surface area contributed by atoms with Gasteiger partial charge in [0.05, 0.1) is 0 Å². The van der Waals surface area contributed by atoms with E-state index in [2.05, 4.69) is 10.6 Å². The standard InChI is InChI=1S/C13H18F2N2O/c1-8-6-12(15)10(7-11(8)14)9(2)17-5-4-13(18)16-3/h6-7,9,17H,4-5H2,1-3H3,(H,16,18). The lowest BCUT2D eigenvalue weighted by Gasteiger charge is -2.15. The molecule has 2 N–H and O–H groups in total. The number of halogens is 2. The average Bonchev–Trinajstić information content (AvgIpc) is 2.33. The zero-order valence-electron chi connectivity index (χ0n) is 10.8. The van der Waals surface area contributed by atoms with Crippen molar-refractivity contribution in [3.8, 4) is 0 Å². The number of amides is 1. The largest absolute Gasteiger partial charge is 0.359 e. The molecule has 0 aliphatic heterocycles. The minimum absolute atomic E-state index is 0.0924. The summed E-state index contributed by atoms with van der Waals surface area (Å²) in [5.74, 6) is -0.953. The highest BCUT2D eigenvalue weighted by atomic mass is 19.1. The number of benzene rings is 1. The molecular formula is C13H18F2N2O. The van der Waals surface area contributed by atoms with Crippen molar-refractivity contribution < 1.29 is 13.6 Å². The van der Waals surface area contributed by atoms with Crippen LogP contribution < -0.4 is 10.6 Å². The molecule has 1 amide bonds. The van der Waals surface area contributed by atoms with Crippen molar-refractivity contribution in [2.45, 2.75) is 26.3 Å². The van der Waals surface area contributed by atoms with E-state index in [0.717, 1.165) is 0 Å². The minimum atomic E-state index is -0.436. The zero-order chi connectivity index (χ0) is 13.7. The topological polar surface area (TPSA) is 41.1 Å². The Morgan fingerprint density at radius 2 is 2.00 bits per heavy atom. The van der Waals surface area contributed by atoms with E-state index in [0.29, 0.717) is 13.0 Å². The van der Waals surface area contributed by atoms with E-state index in [1.54, 1.807) is 14.0 Å². The quantitative estimate of drug-likeness (QED) is 0.846. The molecule has 0 saturated heterocycles. The van der Waals surface area contributed by atoms with Gasteiger partial charge in [-0.2, -0.15) is 0 Å². The Hall–Kier alpha value is -1.49. The van der Waals surface area contributed by atoms with Gasteiger partial charge in [-0.3, -0.25) is 4.79 Å². The number of carbonyl (C=O) groups excluding carboxylic acids is 1. The Balaban J connectivity index is 2.64. The Bertz CT molecular complexity index is 435. The van der Waals surface area contributed by atoms with E-state index < -0.39 is 11.6 Å². The van der Waals surface area contributed by atoms with E-state index in [9.17, 15) is 13.6 Å². The molecule has 100 valence electrons. The van der Waals surface area contributed by atoms with Crippen LogP contribution in [-0.2, 0) is 4.79 Å². The van der Waals surface area contributed by atoms with E-state index in [4.69, 9.17) is 0 Å². The van der Waals surface area contributed by atoms with Crippen LogP contribution in [0.2, 0.25) is 0 Å². The number of nitrogens with one attached hydrogen (secondary N) is 2. The van der Waals surface area contributed by atoms with E-state index in [-0.39, 0.29) is 23.1 Å². The zero-order valence-corrected chi connectivity index (χ0v) is 10.8. The summed E-state index contributed by atoms with van der Waals surface area (Å²) in [7, 11) is 1.56. The van der Waals surface area contributed by atoms with Crippen molar-refractivity contribution in [1.82, 2.24) is 10.6 Å². The van der Waals surface area contributed by atoms with Crippen molar-refractivity contribution in [3.63, 3.8) is 0 Å². The highest BCUT2D eigenvalue weighted by molar-refractivity contribution is 5.75. The summed E-state index contributed by atoms with van der Waals surface area (Å²) in [5.41, 5.74) is 0.559. The summed E-state index contributed by atoms with van der Waals surface area (Å²) in [5, 5.41) is 5.48. The van der Waals surface area contributed by atoms with Crippen molar-refractivity contribution in [1.29, 1.82) is 0 Å². The predicted octanol–water partition coefficient (Wildman–Crippen LogP) is 2.06. The highest BCUT2D eigenvalue weighted by Crippen LogP contribution is 2.20. The number of carbonyl (C=O) groups is 1. The summed E-state index contributed by atoms with van der Waals surface area (Å²) < 4.78 is 27.0. The third kappa shape index (κ3) is 3.77. The summed E-state index contributed by atoms with van der Waals surface area (Å²) in [6, 6.07) is 2.04. The normalized spacial score (nSPS) is 12.3. The van der Waals surface area contributed by atoms with Gasteiger partial charge in [-0.25, -0.2) is 8.78 Å². The van der Waals surface area contributed by atoms with E-state index in [1.807, 2.05) is 0 Å². The Morgan fingerprint density at radius 1 is 1.33 bits per heavy atom. The number of aryl methyl sites for hydroxylation is 1. The molecule has 1 rings (SSSR count). The Kier molecular flexibility index (Phi) is 5.22. The monoisotopic (exact) mass is 256 g/mol. The van der Waals surface area contributed by atoms with Crippen molar-refractivity contribution in [2.24, 2.45) is 0 Å². The lowest BCUT2D eigenvalue weighted by molar-refractivity contribution is -0.120. The molecule has 0 aliphatic rings. The molecule has 1 atom stereocenters. The van der Waals surface area contributed by atoms with Gasteiger partial charge in [0, 0.05) is 31.6 Å². The van der Waals surface area contributed by atoms with Gasteiger partial charge in [0.25, 0.3) is 0 Å². The fraction of sp³-hybridized carbons (Fsp3) is 0.462. The van der Waals surface area contributed by atoms with Crippen LogP contribution in [0.1, 0.15) is 30.5 Å². The van der Waals surface area contributed by atoms with Crippen LogP contribution in [0.25, 0.3) is 0 Å². The second kappa shape index (κ2) is 6.44. The van der Waals surface area contributed by atoms with Gasteiger partial charge in [0.2, 0.25) is 5.91 Å². The second-order valence-electron chi connectivity index (χ2n) is 4.22. The smallest absolute Gasteiger partial charge is 0.221 e. The molecule has 0 radical (unpaired) electrons. The molecule has 1 unspecified atom stereocenters. The first kappa shape index (κ1) is 14.6. The fourth-order valence-corrected chi connectivity index (χ4v) is 1.63. The van der Waals surface area contributed by atoms with Gasteiger partial charge >= 0.3 is 0 Å². The van der Waals surface area contributed by atoms with Gasteiger partial charge in [0.1, 0.15) is 11.6 Å². The second-order valence-corrected chi connectivity index (χ2v) is 4.22.